The number of carbonyl (C=O) groups is 1. The summed E-state index contributed by atoms with van der Waals surface area (Å²) in [6.45, 7) is 36.6. The molecule has 0 aromatic heterocycles. The highest BCUT2D eigenvalue weighted by Crippen LogP contribution is 2.56. The minimum Gasteiger partial charge on any atom is -0.461 e. The van der Waals surface area contributed by atoms with Gasteiger partial charge in [-0.1, -0.05) is 131 Å². The SMILES string of the molecule is C=C1C(=CC=C2CCC[C@]3(C)C(CC)=CC[C@@H]23)C[C@](OCC(=O)OC(CCCC)CCCC)(O[Si](C)(C)C(C)(C)C)CC1O[Si](C)(C)C(C)(C)C. The number of hydrogen-bond acceptors (Lipinski definition) is 5. The summed E-state index contributed by atoms with van der Waals surface area (Å²) in [4.78, 5) is 13.6. The van der Waals surface area contributed by atoms with Gasteiger partial charge in [-0.2, -0.15) is 0 Å². The van der Waals surface area contributed by atoms with Crippen molar-refractivity contribution >= 4 is 22.6 Å². The van der Waals surface area contributed by atoms with Crippen molar-refractivity contribution in [3.63, 3.8) is 0 Å². The van der Waals surface area contributed by atoms with Crippen LogP contribution in [0.3, 0.4) is 0 Å². The lowest BCUT2D eigenvalue weighted by Gasteiger charge is -2.51. The van der Waals surface area contributed by atoms with Gasteiger partial charge in [0.25, 0.3) is 0 Å². The van der Waals surface area contributed by atoms with E-state index in [1.807, 2.05) is 0 Å². The summed E-state index contributed by atoms with van der Waals surface area (Å²) in [6.07, 6.45) is 19.9. The molecule has 5 nitrogen and oxygen atoms in total. The molecule has 3 aliphatic carbocycles. The Bertz CT molecular complexity index is 1290. The molecule has 0 N–H and O–H groups in total. The zero-order valence-electron chi connectivity index (χ0n) is 35.6. The lowest BCUT2D eigenvalue weighted by Crippen LogP contribution is -2.56. The highest BCUT2D eigenvalue weighted by molar-refractivity contribution is 6.74. The number of unbranched alkanes of at least 4 members (excludes halogenated alkanes) is 2. The molecule has 3 rings (SSSR count). The van der Waals surface area contributed by atoms with Crippen LogP contribution < -0.4 is 0 Å². The van der Waals surface area contributed by atoms with Crippen LogP contribution in [0.2, 0.25) is 36.3 Å². The highest BCUT2D eigenvalue weighted by atomic mass is 28.4. The van der Waals surface area contributed by atoms with Crippen molar-refractivity contribution in [1.29, 1.82) is 0 Å². The molecule has 1 unspecified atom stereocenters. The number of esters is 1. The first-order valence-electron chi connectivity index (χ1n) is 20.5. The third-order valence-electron chi connectivity index (χ3n) is 13.3. The summed E-state index contributed by atoms with van der Waals surface area (Å²) >= 11 is 0. The van der Waals surface area contributed by atoms with Gasteiger partial charge in [-0.25, -0.2) is 4.79 Å². The van der Waals surface area contributed by atoms with Crippen LogP contribution in [0.4, 0.5) is 0 Å². The molecule has 0 aromatic carbocycles. The van der Waals surface area contributed by atoms with E-state index < -0.39 is 22.4 Å². The first-order chi connectivity index (χ1) is 23.5. The minimum absolute atomic E-state index is 0.0230. The molecule has 0 amide bonds. The topological polar surface area (TPSA) is 54.0 Å². The van der Waals surface area contributed by atoms with E-state index in [2.05, 4.69) is 114 Å². The Morgan fingerprint density at radius 3 is 2.14 bits per heavy atom. The largest absolute Gasteiger partial charge is 0.461 e. The lowest BCUT2D eigenvalue weighted by molar-refractivity contribution is -0.217. The molecule has 7 heteroatoms. The summed E-state index contributed by atoms with van der Waals surface area (Å²) in [5, 5.41) is -0.0282. The molecule has 0 heterocycles. The van der Waals surface area contributed by atoms with Gasteiger partial charge >= 0.3 is 5.97 Å². The molecule has 0 bridgehead atoms. The van der Waals surface area contributed by atoms with E-state index in [0.29, 0.717) is 18.8 Å². The fourth-order valence-corrected chi connectivity index (χ4v) is 10.7. The van der Waals surface area contributed by atoms with Crippen molar-refractivity contribution in [2.75, 3.05) is 6.61 Å². The van der Waals surface area contributed by atoms with E-state index in [0.717, 1.165) is 68.9 Å². The summed E-state index contributed by atoms with van der Waals surface area (Å²) in [7, 11) is -4.59. The van der Waals surface area contributed by atoms with Crippen LogP contribution in [0.5, 0.6) is 0 Å². The average Bonchev–Trinajstić information content (AvgIpc) is 3.37. The van der Waals surface area contributed by atoms with Crippen LogP contribution in [-0.2, 0) is 23.1 Å². The number of allylic oxidation sites excluding steroid dienone is 5. The fourth-order valence-electron chi connectivity index (χ4n) is 7.93. The molecule has 0 radical (unpaired) electrons. The van der Waals surface area contributed by atoms with Gasteiger partial charge in [0.15, 0.2) is 22.4 Å². The van der Waals surface area contributed by atoms with Crippen LogP contribution >= 0.6 is 0 Å². The van der Waals surface area contributed by atoms with Gasteiger partial charge in [-0.3, -0.25) is 0 Å². The maximum atomic E-state index is 13.6. The smallest absolute Gasteiger partial charge is 0.332 e. The normalized spacial score (nSPS) is 28.1. The predicted octanol–water partition coefficient (Wildman–Crippen LogP) is 13.2. The quantitative estimate of drug-likeness (QED) is 0.0682. The number of carbonyl (C=O) groups excluding carboxylic acids is 1. The summed E-state index contributed by atoms with van der Waals surface area (Å²) in [5.41, 5.74) is 5.57. The monoisotopic (exact) mass is 743 g/mol. The Morgan fingerprint density at radius 2 is 1.59 bits per heavy atom. The van der Waals surface area contributed by atoms with E-state index in [4.69, 9.17) is 24.9 Å². The fraction of sp³-hybridized carbons (Fsp3) is 0.795. The van der Waals surface area contributed by atoms with Crippen LogP contribution in [-0.4, -0.2) is 47.2 Å². The van der Waals surface area contributed by atoms with E-state index in [9.17, 15) is 4.79 Å². The second kappa shape index (κ2) is 17.5. The molecule has 0 spiro atoms. The Balaban J connectivity index is 2.07. The third-order valence-corrected chi connectivity index (χ3v) is 22.3. The van der Waals surface area contributed by atoms with Crippen molar-refractivity contribution in [2.24, 2.45) is 11.3 Å². The van der Waals surface area contributed by atoms with Gasteiger partial charge in [0.1, 0.15) is 12.7 Å². The van der Waals surface area contributed by atoms with Crippen molar-refractivity contribution in [3.05, 3.63) is 47.1 Å². The molecule has 51 heavy (non-hydrogen) atoms. The molecule has 0 saturated heterocycles. The molecular formula is C44H78O5Si2. The Kier molecular flexibility index (Phi) is 15.1. The molecular weight excluding hydrogens is 665 g/mol. The predicted molar refractivity (Wildman–Crippen MR) is 221 cm³/mol. The van der Waals surface area contributed by atoms with Gasteiger partial charge in [-0.15, -0.1) is 0 Å². The summed E-state index contributed by atoms with van der Waals surface area (Å²) < 4.78 is 27.5. The van der Waals surface area contributed by atoms with Crippen molar-refractivity contribution in [3.8, 4) is 0 Å². The Labute approximate surface area is 316 Å². The van der Waals surface area contributed by atoms with Crippen LogP contribution in [0.25, 0.3) is 0 Å². The first-order valence-corrected chi connectivity index (χ1v) is 26.4. The molecule has 2 saturated carbocycles. The van der Waals surface area contributed by atoms with Crippen molar-refractivity contribution in [2.45, 2.75) is 207 Å². The average molecular weight is 743 g/mol. The standard InChI is InChI=1S/C44H78O5Si2/c1-16-19-23-37(24-20-17-2)47-40(45)32-46-44(49-51(14,15)42(8,9)10)30-35(33(4)39(31-44)48-50(12,13)41(5,6)7)26-25-34-22-21-29-43(11)36(18-3)27-28-38(34)43/h25-27,37-39H,4,16-24,28-32H2,1-3,5-15H3/t38-,39?,43+,44-/m0/s1. The molecule has 2 fully saturated rings. The molecule has 292 valence electrons. The zero-order valence-corrected chi connectivity index (χ0v) is 37.6. The van der Waals surface area contributed by atoms with E-state index in [-0.39, 0.29) is 40.3 Å². The number of rotatable bonds is 16. The number of hydrogen-bond donors (Lipinski definition) is 0. The summed E-state index contributed by atoms with van der Waals surface area (Å²) in [6, 6.07) is 0. The number of ether oxygens (including phenoxy) is 2. The van der Waals surface area contributed by atoms with Crippen molar-refractivity contribution in [1.82, 2.24) is 0 Å². The molecule has 0 aliphatic heterocycles. The Hall–Kier alpha value is -1.26. The highest BCUT2D eigenvalue weighted by Gasteiger charge is 2.52. The van der Waals surface area contributed by atoms with Crippen LogP contribution in [0.15, 0.2) is 47.1 Å². The van der Waals surface area contributed by atoms with Gasteiger partial charge in [0, 0.05) is 12.8 Å². The Morgan fingerprint density at radius 1 is 0.980 bits per heavy atom. The lowest BCUT2D eigenvalue weighted by atomic mass is 9.64. The molecule has 0 aromatic rings. The van der Waals surface area contributed by atoms with Crippen LogP contribution in [0.1, 0.15) is 153 Å². The number of fused-ring (bicyclic) bond motifs is 1. The minimum atomic E-state index is -2.38. The van der Waals surface area contributed by atoms with Gasteiger partial charge in [0.05, 0.1) is 6.10 Å². The van der Waals surface area contributed by atoms with Crippen LogP contribution in [0, 0.1) is 11.3 Å². The van der Waals surface area contributed by atoms with Gasteiger partial charge in [-0.05, 0) is 104 Å². The first kappa shape index (κ1) is 44.1. The van der Waals surface area contributed by atoms with Gasteiger partial charge in [0.2, 0.25) is 0 Å². The summed E-state index contributed by atoms with van der Waals surface area (Å²) in [5.74, 6) is -0.776. The van der Waals surface area contributed by atoms with E-state index in [1.165, 1.54) is 12.8 Å². The van der Waals surface area contributed by atoms with Gasteiger partial charge < -0.3 is 18.3 Å². The second-order valence-corrected chi connectivity index (χ2v) is 28.8. The second-order valence-electron chi connectivity index (χ2n) is 19.3. The molecule has 3 aliphatic rings. The third kappa shape index (κ3) is 10.9. The maximum absolute atomic E-state index is 13.6. The van der Waals surface area contributed by atoms with E-state index >= 15 is 0 Å². The molecule has 4 atom stereocenters. The zero-order chi connectivity index (χ0) is 38.5. The van der Waals surface area contributed by atoms with Crippen molar-refractivity contribution < 1.29 is 23.1 Å². The van der Waals surface area contributed by atoms with E-state index in [1.54, 1.807) is 11.1 Å². The maximum Gasteiger partial charge on any atom is 0.332 e.